The Balaban J connectivity index is 2.64. The highest BCUT2D eigenvalue weighted by Crippen LogP contribution is 2.39. The van der Waals surface area contributed by atoms with E-state index in [0.29, 0.717) is 16.2 Å². The van der Waals surface area contributed by atoms with Crippen molar-refractivity contribution < 1.29 is 13.2 Å². The van der Waals surface area contributed by atoms with Crippen molar-refractivity contribution in [3.05, 3.63) is 28.7 Å². The van der Waals surface area contributed by atoms with Crippen LogP contribution < -0.4 is 10.1 Å². The van der Waals surface area contributed by atoms with Crippen LogP contribution in [0.3, 0.4) is 0 Å². The van der Waals surface area contributed by atoms with Gasteiger partial charge in [-0.05, 0) is 31.7 Å². The van der Waals surface area contributed by atoms with Gasteiger partial charge in [0.05, 0.1) is 12.0 Å². The van der Waals surface area contributed by atoms with E-state index in [1.54, 1.807) is 31.3 Å². The molecule has 0 amide bonds. The highest BCUT2D eigenvalue weighted by atomic mass is 32.2. The number of hydrogen-bond donors (Lipinski definition) is 1. The topological polar surface area (TPSA) is 55.4 Å². The van der Waals surface area contributed by atoms with Gasteiger partial charge < -0.3 is 10.1 Å². The van der Waals surface area contributed by atoms with Crippen molar-refractivity contribution in [1.29, 1.82) is 0 Å². The molecule has 17 heavy (non-hydrogen) atoms. The molecule has 0 saturated carbocycles. The Morgan fingerprint density at radius 2 is 2.06 bits per heavy atom. The molecular formula is C12H15NO3S. The van der Waals surface area contributed by atoms with Crippen molar-refractivity contribution in [2.75, 3.05) is 14.2 Å². The Labute approximate surface area is 101 Å². The molecule has 1 aromatic carbocycles. The Morgan fingerprint density at radius 3 is 2.65 bits per heavy atom. The minimum absolute atomic E-state index is 0.211. The van der Waals surface area contributed by atoms with E-state index in [1.165, 1.54) is 7.11 Å². The summed E-state index contributed by atoms with van der Waals surface area (Å²) < 4.78 is 29.9. The summed E-state index contributed by atoms with van der Waals surface area (Å²) in [6.45, 7) is 1.82. The molecule has 92 valence electrons. The minimum atomic E-state index is -3.43. The summed E-state index contributed by atoms with van der Waals surface area (Å²) in [5, 5.41) is 2.95. The summed E-state index contributed by atoms with van der Waals surface area (Å²) >= 11 is 0. The Hall–Kier alpha value is -1.33. The fourth-order valence-corrected chi connectivity index (χ4v) is 3.90. The normalized spacial score (nSPS) is 18.4. The number of rotatable bonds is 3. The van der Waals surface area contributed by atoms with E-state index in [-0.39, 0.29) is 10.9 Å². The second-order valence-corrected chi connectivity index (χ2v) is 5.83. The number of ether oxygens (including phenoxy) is 1. The van der Waals surface area contributed by atoms with E-state index < -0.39 is 9.84 Å². The number of likely N-dealkylation sites (N-methyl/N-ethyl adjacent to an activating group) is 1. The van der Waals surface area contributed by atoms with Gasteiger partial charge in [-0.25, -0.2) is 8.42 Å². The van der Waals surface area contributed by atoms with E-state index in [4.69, 9.17) is 4.74 Å². The molecule has 1 aromatic rings. The molecule has 4 nitrogen and oxygen atoms in total. The van der Waals surface area contributed by atoms with Crippen molar-refractivity contribution in [2.24, 2.45) is 0 Å². The molecule has 1 atom stereocenters. The maximum atomic E-state index is 12.4. The van der Waals surface area contributed by atoms with Gasteiger partial charge in [-0.2, -0.15) is 0 Å². The molecule has 0 radical (unpaired) electrons. The lowest BCUT2D eigenvalue weighted by atomic mass is 10.2. The zero-order valence-corrected chi connectivity index (χ0v) is 10.8. The first-order valence-corrected chi connectivity index (χ1v) is 6.81. The average Bonchev–Trinajstić information content (AvgIpc) is 2.60. The van der Waals surface area contributed by atoms with Crippen LogP contribution in [0.4, 0.5) is 0 Å². The molecule has 1 aliphatic heterocycles. The highest BCUT2D eigenvalue weighted by Gasteiger charge is 2.35. The quantitative estimate of drug-likeness (QED) is 0.885. The van der Waals surface area contributed by atoms with Crippen LogP contribution in [0.25, 0.3) is 6.08 Å². The van der Waals surface area contributed by atoms with E-state index >= 15 is 0 Å². The van der Waals surface area contributed by atoms with E-state index in [2.05, 4.69) is 5.32 Å². The standard InChI is InChI=1S/C12H15NO3S/c1-8(13-2)11-7-9-5-4-6-10(16-3)12(9)17(11,14)15/h4-8,13H,1-3H3. The van der Waals surface area contributed by atoms with Crippen LogP contribution in [0.2, 0.25) is 0 Å². The van der Waals surface area contributed by atoms with Crippen LogP contribution in [-0.4, -0.2) is 28.6 Å². The van der Waals surface area contributed by atoms with Gasteiger partial charge in [-0.3, -0.25) is 0 Å². The first-order valence-electron chi connectivity index (χ1n) is 5.33. The maximum Gasteiger partial charge on any atom is 0.208 e. The van der Waals surface area contributed by atoms with Gasteiger partial charge in [-0.15, -0.1) is 0 Å². The number of nitrogens with one attached hydrogen (secondary N) is 1. The van der Waals surface area contributed by atoms with Gasteiger partial charge in [0.25, 0.3) is 0 Å². The summed E-state index contributed by atoms with van der Waals surface area (Å²) in [5.41, 5.74) is 0.696. The summed E-state index contributed by atoms with van der Waals surface area (Å²) in [7, 11) is -0.213. The predicted octanol–water partition coefficient (Wildman–Crippen LogP) is 1.43. The van der Waals surface area contributed by atoms with E-state index in [9.17, 15) is 8.42 Å². The first-order chi connectivity index (χ1) is 8.02. The molecule has 1 aliphatic rings. The van der Waals surface area contributed by atoms with Crippen LogP contribution in [0.15, 0.2) is 28.0 Å². The largest absolute Gasteiger partial charge is 0.495 e. The molecule has 0 spiro atoms. The number of fused-ring (bicyclic) bond motifs is 1. The molecule has 5 heteroatoms. The molecule has 1 heterocycles. The smallest absolute Gasteiger partial charge is 0.208 e. The minimum Gasteiger partial charge on any atom is -0.495 e. The summed E-state index contributed by atoms with van der Waals surface area (Å²) in [4.78, 5) is 0.666. The maximum absolute atomic E-state index is 12.4. The molecule has 1 unspecified atom stereocenters. The highest BCUT2D eigenvalue weighted by molar-refractivity contribution is 7.96. The number of benzene rings is 1. The lowest BCUT2D eigenvalue weighted by Gasteiger charge is -2.12. The van der Waals surface area contributed by atoms with Crippen molar-refractivity contribution in [3.8, 4) is 5.75 Å². The number of sulfone groups is 1. The third kappa shape index (κ3) is 1.75. The second kappa shape index (κ2) is 4.16. The lowest BCUT2D eigenvalue weighted by Crippen LogP contribution is -2.26. The third-order valence-electron chi connectivity index (χ3n) is 2.97. The molecule has 0 fully saturated rings. The first kappa shape index (κ1) is 12.1. The SMILES string of the molecule is CNC(C)C1=Cc2cccc(OC)c2S1(=O)=O. The molecule has 0 aromatic heterocycles. The van der Waals surface area contributed by atoms with E-state index in [0.717, 1.165) is 0 Å². The lowest BCUT2D eigenvalue weighted by molar-refractivity contribution is 0.403. The Morgan fingerprint density at radius 1 is 1.35 bits per heavy atom. The fraction of sp³-hybridized carbons (Fsp3) is 0.333. The van der Waals surface area contributed by atoms with Crippen molar-refractivity contribution >= 4 is 15.9 Å². The predicted molar refractivity (Wildman–Crippen MR) is 66.7 cm³/mol. The molecule has 0 bridgehead atoms. The molecule has 0 aliphatic carbocycles. The van der Waals surface area contributed by atoms with Gasteiger partial charge in [0.15, 0.2) is 0 Å². The van der Waals surface area contributed by atoms with Gasteiger partial charge in [0.1, 0.15) is 10.6 Å². The third-order valence-corrected chi connectivity index (χ3v) is 5.03. The van der Waals surface area contributed by atoms with Gasteiger partial charge in [0, 0.05) is 6.04 Å². The van der Waals surface area contributed by atoms with Crippen molar-refractivity contribution in [1.82, 2.24) is 5.32 Å². The van der Waals surface area contributed by atoms with Crippen LogP contribution in [0, 0.1) is 0 Å². The van der Waals surface area contributed by atoms with Crippen LogP contribution in [-0.2, 0) is 9.84 Å². The van der Waals surface area contributed by atoms with Gasteiger partial charge >= 0.3 is 0 Å². The molecule has 1 N–H and O–H groups in total. The Bertz CT molecular complexity index is 575. The number of hydrogen-bond acceptors (Lipinski definition) is 4. The summed E-state index contributed by atoms with van der Waals surface area (Å²) in [5.74, 6) is 0.400. The fourth-order valence-electron chi connectivity index (χ4n) is 1.94. The second-order valence-electron chi connectivity index (χ2n) is 3.94. The van der Waals surface area contributed by atoms with Crippen LogP contribution in [0.1, 0.15) is 12.5 Å². The van der Waals surface area contributed by atoms with E-state index in [1.807, 2.05) is 6.92 Å². The molecular weight excluding hydrogens is 238 g/mol. The van der Waals surface area contributed by atoms with Gasteiger partial charge in [-0.1, -0.05) is 12.1 Å². The average molecular weight is 253 g/mol. The van der Waals surface area contributed by atoms with Crippen LogP contribution >= 0.6 is 0 Å². The van der Waals surface area contributed by atoms with Crippen molar-refractivity contribution in [3.63, 3.8) is 0 Å². The number of methoxy groups -OCH3 is 1. The molecule has 0 saturated heterocycles. The zero-order valence-electron chi connectivity index (χ0n) is 10.0. The summed E-state index contributed by atoms with van der Waals surface area (Å²) in [6, 6.07) is 5.02. The summed E-state index contributed by atoms with van der Waals surface area (Å²) in [6.07, 6.45) is 1.70. The molecule has 2 rings (SSSR count). The van der Waals surface area contributed by atoms with Gasteiger partial charge in [0.2, 0.25) is 9.84 Å². The van der Waals surface area contributed by atoms with Crippen LogP contribution in [0.5, 0.6) is 5.75 Å². The zero-order chi connectivity index (χ0) is 12.6. The monoisotopic (exact) mass is 253 g/mol. The van der Waals surface area contributed by atoms with Crippen molar-refractivity contribution in [2.45, 2.75) is 17.9 Å². The Kier molecular flexibility index (Phi) is 2.97.